The topological polar surface area (TPSA) is 77.2 Å². The average molecular weight is 257 g/mol. The Morgan fingerprint density at radius 2 is 2.29 bits per heavy atom. The highest BCUT2D eigenvalue weighted by Crippen LogP contribution is 2.21. The van der Waals surface area contributed by atoms with Crippen molar-refractivity contribution in [2.24, 2.45) is 5.73 Å². The fourth-order valence-corrected chi connectivity index (χ4v) is 2.48. The van der Waals surface area contributed by atoms with Crippen molar-refractivity contribution < 1.29 is 9.53 Å². The molecule has 17 heavy (non-hydrogen) atoms. The van der Waals surface area contributed by atoms with Crippen LogP contribution in [0, 0.1) is 13.8 Å². The smallest absolute Gasteiger partial charge is 0.243 e. The fourth-order valence-electron chi connectivity index (χ4n) is 1.56. The second-order valence-electron chi connectivity index (χ2n) is 3.87. The van der Waals surface area contributed by atoms with Crippen molar-refractivity contribution in [3.8, 4) is 0 Å². The van der Waals surface area contributed by atoms with Crippen molar-refractivity contribution in [2.75, 3.05) is 19.8 Å². The van der Waals surface area contributed by atoms with Gasteiger partial charge in [-0.1, -0.05) is 0 Å². The zero-order valence-electron chi connectivity index (χ0n) is 10.4. The van der Waals surface area contributed by atoms with Gasteiger partial charge in [0.15, 0.2) is 0 Å². The first kappa shape index (κ1) is 14.1. The van der Waals surface area contributed by atoms with Gasteiger partial charge in [0.05, 0.1) is 17.3 Å². The zero-order valence-corrected chi connectivity index (χ0v) is 11.3. The number of primary amides is 1. The molecule has 1 unspecified atom stereocenters. The van der Waals surface area contributed by atoms with Gasteiger partial charge in [-0.3, -0.25) is 4.79 Å². The Bertz CT molecular complexity index is 379. The lowest BCUT2D eigenvalue weighted by Gasteiger charge is -2.12. The third kappa shape index (κ3) is 4.80. The predicted molar refractivity (Wildman–Crippen MR) is 68.0 cm³/mol. The number of ether oxygens (including phenoxy) is 1. The van der Waals surface area contributed by atoms with Gasteiger partial charge < -0.3 is 15.8 Å². The minimum atomic E-state index is -0.441. The maximum absolute atomic E-state index is 10.4. The SMILES string of the molecule is Cc1nc(C(C)NCCOCC(N)=O)c(C)s1. The second-order valence-corrected chi connectivity index (χ2v) is 5.28. The van der Waals surface area contributed by atoms with E-state index >= 15 is 0 Å². The van der Waals surface area contributed by atoms with E-state index in [-0.39, 0.29) is 12.6 Å². The quantitative estimate of drug-likeness (QED) is 0.712. The van der Waals surface area contributed by atoms with Crippen LogP contribution in [-0.2, 0) is 9.53 Å². The molecule has 0 aliphatic carbocycles. The molecule has 5 nitrogen and oxygen atoms in total. The number of rotatable bonds is 7. The summed E-state index contributed by atoms with van der Waals surface area (Å²) in [6, 6.07) is 0.192. The number of nitrogens with two attached hydrogens (primary N) is 1. The Morgan fingerprint density at radius 3 is 2.82 bits per heavy atom. The first-order chi connectivity index (χ1) is 8.00. The van der Waals surface area contributed by atoms with Crippen molar-refractivity contribution in [3.63, 3.8) is 0 Å². The van der Waals surface area contributed by atoms with Crippen LogP contribution in [-0.4, -0.2) is 30.6 Å². The van der Waals surface area contributed by atoms with Crippen LogP contribution in [0.1, 0.15) is 28.5 Å². The maximum atomic E-state index is 10.4. The first-order valence-electron chi connectivity index (χ1n) is 5.54. The van der Waals surface area contributed by atoms with Crippen LogP contribution >= 0.6 is 11.3 Å². The number of carbonyl (C=O) groups excluding carboxylic acids is 1. The molecule has 0 radical (unpaired) electrons. The predicted octanol–water partition coefficient (Wildman–Crippen LogP) is 0.912. The molecule has 96 valence electrons. The van der Waals surface area contributed by atoms with Gasteiger partial charge in [-0.05, 0) is 20.8 Å². The average Bonchev–Trinajstić information content (AvgIpc) is 2.56. The Hall–Kier alpha value is -0.980. The molecule has 3 N–H and O–H groups in total. The molecule has 0 fully saturated rings. The number of nitrogens with zero attached hydrogens (tertiary/aromatic N) is 1. The minimum absolute atomic E-state index is 0.0229. The second kappa shape index (κ2) is 6.68. The monoisotopic (exact) mass is 257 g/mol. The molecule has 1 amide bonds. The molecular weight excluding hydrogens is 238 g/mol. The van der Waals surface area contributed by atoms with Crippen LogP contribution < -0.4 is 11.1 Å². The largest absolute Gasteiger partial charge is 0.370 e. The molecule has 6 heteroatoms. The summed E-state index contributed by atoms with van der Waals surface area (Å²) in [5.41, 5.74) is 6.04. The van der Waals surface area contributed by atoms with Gasteiger partial charge in [-0.2, -0.15) is 0 Å². The normalized spacial score (nSPS) is 12.6. The van der Waals surface area contributed by atoms with Gasteiger partial charge in [-0.15, -0.1) is 11.3 Å². The Balaban J connectivity index is 2.28. The van der Waals surface area contributed by atoms with Gasteiger partial charge in [-0.25, -0.2) is 4.98 Å². The van der Waals surface area contributed by atoms with E-state index in [1.54, 1.807) is 11.3 Å². The molecule has 0 aromatic carbocycles. The fraction of sp³-hybridized carbons (Fsp3) is 0.636. The molecule has 0 saturated carbocycles. The van der Waals surface area contributed by atoms with Gasteiger partial charge >= 0.3 is 0 Å². The van der Waals surface area contributed by atoms with Crippen molar-refractivity contribution in [2.45, 2.75) is 26.8 Å². The maximum Gasteiger partial charge on any atom is 0.243 e. The lowest BCUT2D eigenvalue weighted by molar-refractivity contribution is -0.122. The molecule has 1 aromatic heterocycles. The van der Waals surface area contributed by atoms with Gasteiger partial charge in [0.1, 0.15) is 6.61 Å². The highest BCUT2D eigenvalue weighted by Gasteiger charge is 2.11. The summed E-state index contributed by atoms with van der Waals surface area (Å²) in [6.45, 7) is 7.26. The van der Waals surface area contributed by atoms with Crippen LogP contribution in [0.25, 0.3) is 0 Å². The van der Waals surface area contributed by atoms with E-state index in [4.69, 9.17) is 10.5 Å². The van der Waals surface area contributed by atoms with Gasteiger partial charge in [0.25, 0.3) is 0 Å². The van der Waals surface area contributed by atoms with Crippen molar-refractivity contribution in [1.82, 2.24) is 10.3 Å². The van der Waals surface area contributed by atoms with E-state index in [1.165, 1.54) is 4.88 Å². The zero-order chi connectivity index (χ0) is 12.8. The molecule has 1 heterocycles. The van der Waals surface area contributed by atoms with Crippen LogP contribution in [0.5, 0.6) is 0 Å². The van der Waals surface area contributed by atoms with E-state index < -0.39 is 5.91 Å². The summed E-state index contributed by atoms with van der Waals surface area (Å²) in [4.78, 5) is 16.1. The van der Waals surface area contributed by atoms with E-state index in [0.29, 0.717) is 13.2 Å². The molecule has 0 spiro atoms. The molecule has 1 atom stereocenters. The van der Waals surface area contributed by atoms with Crippen molar-refractivity contribution in [1.29, 1.82) is 0 Å². The summed E-state index contributed by atoms with van der Waals surface area (Å²) in [5, 5.41) is 4.37. The third-order valence-electron chi connectivity index (χ3n) is 2.29. The van der Waals surface area contributed by atoms with Crippen molar-refractivity contribution in [3.05, 3.63) is 15.6 Å². The molecule has 0 saturated heterocycles. The first-order valence-corrected chi connectivity index (χ1v) is 6.35. The van der Waals surface area contributed by atoms with E-state index in [1.807, 2.05) is 6.92 Å². The number of nitrogens with one attached hydrogen (secondary N) is 1. The molecular formula is C11H19N3O2S. The molecule has 0 aliphatic heterocycles. The number of aryl methyl sites for hydroxylation is 2. The standard InChI is InChI=1S/C11H19N3O2S/c1-7(11-8(2)17-9(3)14-11)13-4-5-16-6-10(12)15/h7,13H,4-6H2,1-3H3,(H2,12,15). The number of aromatic nitrogens is 1. The van der Waals surface area contributed by atoms with E-state index in [9.17, 15) is 4.79 Å². The number of thiazole rings is 1. The number of carbonyl (C=O) groups is 1. The van der Waals surface area contributed by atoms with Crippen LogP contribution in [0.3, 0.4) is 0 Å². The lowest BCUT2D eigenvalue weighted by atomic mass is 10.2. The number of amides is 1. The lowest BCUT2D eigenvalue weighted by Crippen LogP contribution is -2.26. The molecule has 1 aromatic rings. The molecule has 0 bridgehead atoms. The number of hydrogen-bond acceptors (Lipinski definition) is 5. The van der Waals surface area contributed by atoms with E-state index in [0.717, 1.165) is 10.7 Å². The molecule has 0 aliphatic rings. The summed E-state index contributed by atoms with van der Waals surface area (Å²) < 4.78 is 5.06. The minimum Gasteiger partial charge on any atom is -0.370 e. The third-order valence-corrected chi connectivity index (χ3v) is 3.19. The van der Waals surface area contributed by atoms with Crippen LogP contribution in [0.4, 0.5) is 0 Å². The summed E-state index contributed by atoms with van der Waals surface area (Å²) in [6.07, 6.45) is 0. The Kier molecular flexibility index (Phi) is 5.54. The van der Waals surface area contributed by atoms with E-state index in [2.05, 4.69) is 24.1 Å². The number of hydrogen-bond donors (Lipinski definition) is 2. The van der Waals surface area contributed by atoms with Crippen molar-refractivity contribution >= 4 is 17.2 Å². The van der Waals surface area contributed by atoms with Crippen LogP contribution in [0.2, 0.25) is 0 Å². The van der Waals surface area contributed by atoms with Gasteiger partial charge in [0, 0.05) is 17.5 Å². The Morgan fingerprint density at radius 1 is 1.59 bits per heavy atom. The Labute approximate surface area is 105 Å². The highest BCUT2D eigenvalue weighted by atomic mass is 32.1. The summed E-state index contributed by atoms with van der Waals surface area (Å²) >= 11 is 1.70. The molecule has 1 rings (SSSR count). The van der Waals surface area contributed by atoms with Crippen LogP contribution in [0.15, 0.2) is 0 Å². The summed E-state index contributed by atoms with van der Waals surface area (Å²) in [7, 11) is 0. The summed E-state index contributed by atoms with van der Waals surface area (Å²) in [5.74, 6) is -0.441. The van der Waals surface area contributed by atoms with Gasteiger partial charge in [0.2, 0.25) is 5.91 Å². The highest BCUT2D eigenvalue weighted by molar-refractivity contribution is 7.11.